The topological polar surface area (TPSA) is 56.7 Å². The van der Waals surface area contributed by atoms with Gasteiger partial charge in [0.25, 0.3) is 0 Å². The number of nitrogens with zero attached hydrogens (tertiary/aromatic N) is 3. The third kappa shape index (κ3) is 1.51. The van der Waals surface area contributed by atoms with E-state index in [1.54, 1.807) is 11.0 Å². The molecule has 0 saturated carbocycles. The second-order valence-corrected chi connectivity index (χ2v) is 2.83. The molecule has 0 fully saturated rings. The molecule has 0 saturated heterocycles. The molecule has 0 amide bonds. The Morgan fingerprint density at radius 1 is 1.23 bits per heavy atom. The van der Waals surface area contributed by atoms with Crippen molar-refractivity contribution in [1.29, 1.82) is 0 Å². The standard InChI is InChI=1S/C9H10N4/c1-7-11-6-13(12-7)9-4-2-8(10)3-5-9/h2-6H,10H2,1H3. The lowest BCUT2D eigenvalue weighted by Crippen LogP contribution is -1.95. The number of nitrogens with two attached hydrogens (primary N) is 1. The van der Waals surface area contributed by atoms with Crippen LogP contribution in [0, 0.1) is 6.92 Å². The van der Waals surface area contributed by atoms with Crippen LogP contribution in [-0.2, 0) is 0 Å². The summed E-state index contributed by atoms with van der Waals surface area (Å²) in [6.07, 6.45) is 1.68. The number of aromatic nitrogens is 3. The molecule has 0 unspecified atom stereocenters. The normalized spacial score (nSPS) is 10.2. The predicted octanol–water partition coefficient (Wildman–Crippen LogP) is 1.16. The summed E-state index contributed by atoms with van der Waals surface area (Å²) in [7, 11) is 0. The van der Waals surface area contributed by atoms with E-state index in [4.69, 9.17) is 5.73 Å². The average molecular weight is 174 g/mol. The smallest absolute Gasteiger partial charge is 0.147 e. The summed E-state index contributed by atoms with van der Waals surface area (Å²) in [5.41, 5.74) is 7.28. The van der Waals surface area contributed by atoms with E-state index in [2.05, 4.69) is 10.1 Å². The molecule has 0 atom stereocenters. The summed E-state index contributed by atoms with van der Waals surface area (Å²) in [4.78, 5) is 4.04. The van der Waals surface area contributed by atoms with Crippen molar-refractivity contribution >= 4 is 5.69 Å². The third-order valence-corrected chi connectivity index (χ3v) is 1.76. The predicted molar refractivity (Wildman–Crippen MR) is 50.5 cm³/mol. The van der Waals surface area contributed by atoms with Gasteiger partial charge in [0.05, 0.1) is 5.69 Å². The van der Waals surface area contributed by atoms with Crippen LogP contribution < -0.4 is 5.73 Å². The zero-order chi connectivity index (χ0) is 9.26. The number of anilines is 1. The molecule has 1 aromatic carbocycles. The number of aryl methyl sites for hydroxylation is 1. The van der Waals surface area contributed by atoms with E-state index in [1.807, 2.05) is 31.2 Å². The largest absolute Gasteiger partial charge is 0.399 e. The van der Waals surface area contributed by atoms with E-state index in [0.29, 0.717) is 0 Å². The van der Waals surface area contributed by atoms with Gasteiger partial charge in [0.1, 0.15) is 12.2 Å². The quantitative estimate of drug-likeness (QED) is 0.660. The summed E-state index contributed by atoms with van der Waals surface area (Å²) in [6, 6.07) is 7.49. The average Bonchev–Trinajstić information content (AvgIpc) is 2.53. The molecule has 0 spiro atoms. The molecule has 4 nitrogen and oxygen atoms in total. The molecule has 0 radical (unpaired) electrons. The Bertz CT molecular complexity index is 402. The molecule has 0 bridgehead atoms. The zero-order valence-corrected chi connectivity index (χ0v) is 7.31. The van der Waals surface area contributed by atoms with Crippen molar-refractivity contribution in [3.8, 4) is 5.69 Å². The van der Waals surface area contributed by atoms with Crippen molar-refractivity contribution in [1.82, 2.24) is 14.8 Å². The highest BCUT2D eigenvalue weighted by atomic mass is 15.3. The Balaban J connectivity index is 2.41. The first-order valence-corrected chi connectivity index (χ1v) is 4.00. The summed E-state index contributed by atoms with van der Waals surface area (Å²) in [5.74, 6) is 0.761. The third-order valence-electron chi connectivity index (χ3n) is 1.76. The van der Waals surface area contributed by atoms with Crippen molar-refractivity contribution in [2.45, 2.75) is 6.92 Å². The van der Waals surface area contributed by atoms with Crippen molar-refractivity contribution in [2.24, 2.45) is 0 Å². The highest BCUT2D eigenvalue weighted by molar-refractivity contribution is 5.44. The summed E-state index contributed by atoms with van der Waals surface area (Å²) < 4.78 is 1.72. The molecular formula is C9H10N4. The molecule has 2 aromatic rings. The van der Waals surface area contributed by atoms with Gasteiger partial charge in [0.15, 0.2) is 0 Å². The fraction of sp³-hybridized carbons (Fsp3) is 0.111. The Labute approximate surface area is 76.0 Å². The van der Waals surface area contributed by atoms with E-state index in [9.17, 15) is 0 Å². The zero-order valence-electron chi connectivity index (χ0n) is 7.31. The fourth-order valence-corrected chi connectivity index (χ4v) is 1.10. The maximum Gasteiger partial charge on any atom is 0.147 e. The highest BCUT2D eigenvalue weighted by Crippen LogP contribution is 2.08. The molecule has 66 valence electrons. The molecule has 1 aromatic heterocycles. The second kappa shape index (κ2) is 2.90. The van der Waals surface area contributed by atoms with Crippen LogP contribution in [0.4, 0.5) is 5.69 Å². The van der Waals surface area contributed by atoms with Crippen LogP contribution in [0.3, 0.4) is 0 Å². The maximum atomic E-state index is 5.56. The van der Waals surface area contributed by atoms with E-state index >= 15 is 0 Å². The van der Waals surface area contributed by atoms with Crippen molar-refractivity contribution in [3.05, 3.63) is 36.4 Å². The van der Waals surface area contributed by atoms with Crippen LogP contribution in [-0.4, -0.2) is 14.8 Å². The fourth-order valence-electron chi connectivity index (χ4n) is 1.10. The van der Waals surface area contributed by atoms with Gasteiger partial charge in [-0.15, -0.1) is 0 Å². The first-order chi connectivity index (χ1) is 6.25. The number of nitrogen functional groups attached to an aromatic ring is 1. The first-order valence-electron chi connectivity index (χ1n) is 4.00. The van der Waals surface area contributed by atoms with Gasteiger partial charge in [-0.1, -0.05) is 0 Å². The Kier molecular flexibility index (Phi) is 1.73. The molecule has 0 aliphatic rings. The molecule has 2 rings (SSSR count). The number of hydrogen-bond acceptors (Lipinski definition) is 3. The van der Waals surface area contributed by atoms with Crippen LogP contribution in [0.2, 0.25) is 0 Å². The van der Waals surface area contributed by atoms with Gasteiger partial charge < -0.3 is 5.73 Å². The highest BCUT2D eigenvalue weighted by Gasteiger charge is 1.97. The van der Waals surface area contributed by atoms with E-state index in [1.165, 1.54) is 0 Å². The molecule has 0 aliphatic carbocycles. The van der Waals surface area contributed by atoms with Crippen molar-refractivity contribution in [3.63, 3.8) is 0 Å². The van der Waals surface area contributed by atoms with Crippen LogP contribution in [0.1, 0.15) is 5.82 Å². The molecule has 2 N–H and O–H groups in total. The Morgan fingerprint density at radius 3 is 2.46 bits per heavy atom. The lowest BCUT2D eigenvalue weighted by atomic mass is 10.3. The summed E-state index contributed by atoms with van der Waals surface area (Å²) >= 11 is 0. The lowest BCUT2D eigenvalue weighted by molar-refractivity contribution is 0.863. The Morgan fingerprint density at radius 2 is 1.92 bits per heavy atom. The van der Waals surface area contributed by atoms with Crippen molar-refractivity contribution < 1.29 is 0 Å². The van der Waals surface area contributed by atoms with Crippen LogP contribution >= 0.6 is 0 Å². The minimum Gasteiger partial charge on any atom is -0.399 e. The van der Waals surface area contributed by atoms with Gasteiger partial charge in [-0.05, 0) is 31.2 Å². The van der Waals surface area contributed by atoms with E-state index in [-0.39, 0.29) is 0 Å². The van der Waals surface area contributed by atoms with Gasteiger partial charge in [0, 0.05) is 5.69 Å². The number of rotatable bonds is 1. The molecule has 13 heavy (non-hydrogen) atoms. The maximum absolute atomic E-state index is 5.56. The Hall–Kier alpha value is -1.84. The van der Waals surface area contributed by atoms with Gasteiger partial charge in [-0.25, -0.2) is 9.67 Å². The lowest BCUT2D eigenvalue weighted by Gasteiger charge is -1.99. The second-order valence-electron chi connectivity index (χ2n) is 2.83. The molecule has 0 aliphatic heterocycles. The van der Waals surface area contributed by atoms with Crippen molar-refractivity contribution in [2.75, 3.05) is 5.73 Å². The van der Waals surface area contributed by atoms with Crippen LogP contribution in [0.5, 0.6) is 0 Å². The van der Waals surface area contributed by atoms with Gasteiger partial charge >= 0.3 is 0 Å². The van der Waals surface area contributed by atoms with Gasteiger partial charge in [-0.3, -0.25) is 0 Å². The van der Waals surface area contributed by atoms with Gasteiger partial charge in [-0.2, -0.15) is 5.10 Å². The minimum atomic E-state index is 0.751. The molecule has 1 heterocycles. The number of benzene rings is 1. The van der Waals surface area contributed by atoms with E-state index in [0.717, 1.165) is 17.2 Å². The summed E-state index contributed by atoms with van der Waals surface area (Å²) in [6.45, 7) is 1.85. The van der Waals surface area contributed by atoms with Crippen LogP contribution in [0.15, 0.2) is 30.6 Å². The van der Waals surface area contributed by atoms with E-state index < -0.39 is 0 Å². The molecular weight excluding hydrogens is 164 g/mol. The SMILES string of the molecule is Cc1ncn(-c2ccc(N)cc2)n1. The minimum absolute atomic E-state index is 0.751. The first kappa shape index (κ1) is 7.79. The van der Waals surface area contributed by atoms with Gasteiger partial charge in [0.2, 0.25) is 0 Å². The number of hydrogen-bond donors (Lipinski definition) is 1. The summed E-state index contributed by atoms with van der Waals surface area (Å²) in [5, 5.41) is 4.18. The monoisotopic (exact) mass is 174 g/mol. The molecule has 4 heteroatoms. The van der Waals surface area contributed by atoms with Crippen LogP contribution in [0.25, 0.3) is 5.69 Å².